The summed E-state index contributed by atoms with van der Waals surface area (Å²) < 4.78 is 0. The molecule has 0 spiro atoms. The summed E-state index contributed by atoms with van der Waals surface area (Å²) in [4.78, 5) is 0. The summed E-state index contributed by atoms with van der Waals surface area (Å²) in [6.45, 7) is 2.03. The van der Waals surface area contributed by atoms with Gasteiger partial charge in [0.25, 0.3) is 0 Å². The zero-order valence-electron chi connectivity index (χ0n) is 5.28. The van der Waals surface area contributed by atoms with Crippen LogP contribution in [0, 0.1) is 11.3 Å². The van der Waals surface area contributed by atoms with Crippen molar-refractivity contribution in [2.45, 2.75) is 12.8 Å². The SMILES string of the molecule is N=C(Cl)C1CCNCC1. The van der Waals surface area contributed by atoms with Gasteiger partial charge >= 0.3 is 0 Å². The van der Waals surface area contributed by atoms with Gasteiger partial charge in [0.2, 0.25) is 0 Å². The van der Waals surface area contributed by atoms with Crippen molar-refractivity contribution in [3.05, 3.63) is 0 Å². The molecule has 0 aromatic heterocycles. The molecule has 1 heterocycles. The molecule has 0 saturated carbocycles. The molecule has 2 N–H and O–H groups in total. The van der Waals surface area contributed by atoms with Gasteiger partial charge in [-0.25, -0.2) is 0 Å². The number of hydrogen-bond donors (Lipinski definition) is 2. The van der Waals surface area contributed by atoms with Crippen LogP contribution in [0.15, 0.2) is 0 Å². The third kappa shape index (κ3) is 1.95. The number of rotatable bonds is 1. The molecule has 1 rings (SSSR count). The molecule has 0 unspecified atom stereocenters. The maximum atomic E-state index is 7.13. The molecule has 2 nitrogen and oxygen atoms in total. The van der Waals surface area contributed by atoms with Crippen LogP contribution in [0.2, 0.25) is 0 Å². The highest BCUT2D eigenvalue weighted by Crippen LogP contribution is 2.14. The Kier molecular flexibility index (Phi) is 2.49. The monoisotopic (exact) mass is 146 g/mol. The second-order valence-corrected chi connectivity index (χ2v) is 2.78. The lowest BCUT2D eigenvalue weighted by Crippen LogP contribution is -2.29. The first kappa shape index (κ1) is 7.03. The van der Waals surface area contributed by atoms with E-state index < -0.39 is 0 Å². The third-order valence-corrected chi connectivity index (χ3v) is 2.01. The van der Waals surface area contributed by atoms with Crippen molar-refractivity contribution < 1.29 is 0 Å². The summed E-state index contributed by atoms with van der Waals surface area (Å²) in [5, 5.41) is 10.7. The van der Waals surface area contributed by atoms with Crippen LogP contribution in [-0.2, 0) is 0 Å². The topological polar surface area (TPSA) is 35.9 Å². The van der Waals surface area contributed by atoms with Gasteiger partial charge in [-0.05, 0) is 25.9 Å². The number of halogens is 1. The van der Waals surface area contributed by atoms with Gasteiger partial charge in [0.05, 0.1) is 0 Å². The highest BCUT2D eigenvalue weighted by molar-refractivity contribution is 6.64. The first-order chi connectivity index (χ1) is 4.30. The summed E-state index contributed by atoms with van der Waals surface area (Å²) in [6.07, 6.45) is 2.06. The highest BCUT2D eigenvalue weighted by Gasteiger charge is 2.15. The van der Waals surface area contributed by atoms with Gasteiger partial charge in [-0.2, -0.15) is 0 Å². The summed E-state index contributed by atoms with van der Waals surface area (Å²) in [5.74, 6) is 0.341. The van der Waals surface area contributed by atoms with E-state index in [1.807, 2.05) is 0 Å². The van der Waals surface area contributed by atoms with Gasteiger partial charge in [-0.3, -0.25) is 5.41 Å². The molecule has 1 aliphatic heterocycles. The Morgan fingerprint density at radius 3 is 2.33 bits per heavy atom. The second kappa shape index (κ2) is 3.18. The first-order valence-corrected chi connectivity index (χ1v) is 3.63. The standard InChI is InChI=1S/C6H11ClN2/c7-6(8)5-1-3-9-4-2-5/h5,8-9H,1-4H2. The summed E-state index contributed by atoms with van der Waals surface area (Å²) in [5.41, 5.74) is 0. The second-order valence-electron chi connectivity index (χ2n) is 2.37. The van der Waals surface area contributed by atoms with E-state index in [-0.39, 0.29) is 0 Å². The molecule has 0 bridgehead atoms. The van der Waals surface area contributed by atoms with Crippen LogP contribution in [0.25, 0.3) is 0 Å². The van der Waals surface area contributed by atoms with Crippen molar-refractivity contribution >= 4 is 16.8 Å². The Bertz CT molecular complexity index is 108. The van der Waals surface area contributed by atoms with Crippen LogP contribution in [0.5, 0.6) is 0 Å². The average Bonchev–Trinajstić information content (AvgIpc) is 1.90. The Hall–Kier alpha value is -0.0800. The molecule has 0 aromatic rings. The van der Waals surface area contributed by atoms with Crippen molar-refractivity contribution in [1.82, 2.24) is 5.32 Å². The Morgan fingerprint density at radius 2 is 2.00 bits per heavy atom. The molecular weight excluding hydrogens is 136 g/mol. The van der Waals surface area contributed by atoms with E-state index >= 15 is 0 Å². The highest BCUT2D eigenvalue weighted by atomic mass is 35.5. The van der Waals surface area contributed by atoms with E-state index in [9.17, 15) is 0 Å². The minimum absolute atomic E-state index is 0.330. The van der Waals surface area contributed by atoms with Crippen LogP contribution >= 0.6 is 11.6 Å². The maximum Gasteiger partial charge on any atom is 0.100 e. The molecule has 0 radical (unpaired) electrons. The van der Waals surface area contributed by atoms with E-state index in [0.29, 0.717) is 11.1 Å². The van der Waals surface area contributed by atoms with Crippen LogP contribution < -0.4 is 5.32 Å². The molecule has 3 heteroatoms. The van der Waals surface area contributed by atoms with Crippen molar-refractivity contribution in [3.63, 3.8) is 0 Å². The van der Waals surface area contributed by atoms with E-state index in [0.717, 1.165) is 25.9 Å². The normalized spacial score (nSPS) is 21.9. The average molecular weight is 147 g/mol. The predicted molar refractivity (Wildman–Crippen MR) is 39.2 cm³/mol. The fourth-order valence-corrected chi connectivity index (χ4v) is 1.29. The molecule has 1 fully saturated rings. The number of piperidine rings is 1. The molecule has 0 atom stereocenters. The van der Waals surface area contributed by atoms with Crippen molar-refractivity contribution in [2.24, 2.45) is 5.92 Å². The predicted octanol–water partition coefficient (Wildman–Crippen LogP) is 1.20. The van der Waals surface area contributed by atoms with Crippen LogP contribution in [0.3, 0.4) is 0 Å². The summed E-state index contributed by atoms with van der Waals surface area (Å²) in [6, 6.07) is 0. The maximum absolute atomic E-state index is 7.13. The van der Waals surface area contributed by atoms with Gasteiger partial charge in [0, 0.05) is 5.92 Å². The largest absolute Gasteiger partial charge is 0.317 e. The Labute approximate surface area is 60.1 Å². The van der Waals surface area contributed by atoms with Gasteiger partial charge in [0.15, 0.2) is 0 Å². The third-order valence-electron chi connectivity index (χ3n) is 1.70. The molecule has 0 amide bonds. The smallest absolute Gasteiger partial charge is 0.100 e. The van der Waals surface area contributed by atoms with Gasteiger partial charge in [-0.1, -0.05) is 11.6 Å². The van der Waals surface area contributed by atoms with E-state index in [4.69, 9.17) is 17.0 Å². The fourth-order valence-electron chi connectivity index (χ4n) is 1.08. The van der Waals surface area contributed by atoms with Gasteiger partial charge in [-0.15, -0.1) is 0 Å². The first-order valence-electron chi connectivity index (χ1n) is 3.25. The lowest BCUT2D eigenvalue weighted by atomic mass is 10.00. The molecule has 9 heavy (non-hydrogen) atoms. The number of nitrogens with one attached hydrogen (secondary N) is 2. The van der Waals surface area contributed by atoms with Crippen LogP contribution in [0.4, 0.5) is 0 Å². The minimum atomic E-state index is 0.330. The molecule has 0 aliphatic carbocycles. The van der Waals surface area contributed by atoms with E-state index in [1.165, 1.54) is 0 Å². The molecule has 52 valence electrons. The lowest BCUT2D eigenvalue weighted by molar-refractivity contribution is 0.459. The minimum Gasteiger partial charge on any atom is -0.317 e. The molecule has 1 saturated heterocycles. The summed E-state index contributed by atoms with van der Waals surface area (Å²) >= 11 is 5.51. The van der Waals surface area contributed by atoms with E-state index in [1.54, 1.807) is 0 Å². The molecular formula is C6H11ClN2. The zero-order chi connectivity index (χ0) is 6.69. The number of hydrogen-bond acceptors (Lipinski definition) is 2. The quantitative estimate of drug-likeness (QED) is 0.536. The van der Waals surface area contributed by atoms with Gasteiger partial charge < -0.3 is 5.32 Å². The Balaban J connectivity index is 2.31. The van der Waals surface area contributed by atoms with E-state index in [2.05, 4.69) is 5.32 Å². The van der Waals surface area contributed by atoms with Crippen LogP contribution in [0.1, 0.15) is 12.8 Å². The van der Waals surface area contributed by atoms with Crippen molar-refractivity contribution in [2.75, 3.05) is 13.1 Å². The molecule has 0 aromatic carbocycles. The lowest BCUT2D eigenvalue weighted by Gasteiger charge is -2.19. The van der Waals surface area contributed by atoms with Crippen molar-refractivity contribution in [1.29, 1.82) is 5.41 Å². The zero-order valence-corrected chi connectivity index (χ0v) is 6.04. The summed E-state index contributed by atoms with van der Waals surface area (Å²) in [7, 11) is 0. The van der Waals surface area contributed by atoms with Gasteiger partial charge in [0.1, 0.15) is 5.17 Å². The van der Waals surface area contributed by atoms with Crippen molar-refractivity contribution in [3.8, 4) is 0 Å². The Morgan fingerprint density at radius 1 is 1.44 bits per heavy atom. The van der Waals surface area contributed by atoms with Crippen LogP contribution in [-0.4, -0.2) is 18.3 Å². The fraction of sp³-hybridized carbons (Fsp3) is 0.833. The molecule has 1 aliphatic rings.